The minimum absolute atomic E-state index is 0.0838. The highest BCUT2D eigenvalue weighted by Crippen LogP contribution is 2.37. The molecule has 27 heavy (non-hydrogen) atoms. The molecule has 5 heteroatoms. The van der Waals surface area contributed by atoms with E-state index in [0.29, 0.717) is 16.7 Å². The van der Waals surface area contributed by atoms with Crippen LogP contribution in [0.1, 0.15) is 23.1 Å². The molecular weight excluding hydrogens is 344 g/mol. The first-order valence-corrected chi connectivity index (χ1v) is 8.69. The van der Waals surface area contributed by atoms with E-state index in [9.17, 15) is 14.7 Å². The standard InChI is InChI=1S/C22H18O5/c1-12-15(8-9-19(23)24)22(25)27-21-13(2)20-17(10-16(12)21)18(11-26-20)14-6-4-3-5-7-14/h3-7,10-11H,8-9H2,1-2H3,(H,23,24)/p-1. The Morgan fingerprint density at radius 1 is 1.04 bits per heavy atom. The fraction of sp³-hybridized carbons (Fsp3) is 0.182. The molecule has 0 N–H and O–H groups in total. The lowest BCUT2D eigenvalue weighted by Gasteiger charge is -2.10. The SMILES string of the molecule is Cc1c(CCC(=O)[O-])c(=O)oc2c(C)c3occ(-c4ccccc4)c3cc12. The summed E-state index contributed by atoms with van der Waals surface area (Å²) in [5.74, 6) is -1.19. The van der Waals surface area contributed by atoms with Gasteiger partial charge in [0.25, 0.3) is 0 Å². The Morgan fingerprint density at radius 3 is 2.48 bits per heavy atom. The highest BCUT2D eigenvalue weighted by molar-refractivity contribution is 6.04. The van der Waals surface area contributed by atoms with Crippen molar-refractivity contribution < 1.29 is 18.7 Å². The maximum absolute atomic E-state index is 12.4. The van der Waals surface area contributed by atoms with E-state index in [1.54, 1.807) is 6.26 Å². The van der Waals surface area contributed by atoms with E-state index in [1.807, 2.05) is 50.2 Å². The number of aliphatic carboxylic acids is 1. The Hall–Kier alpha value is -3.34. The van der Waals surface area contributed by atoms with Gasteiger partial charge in [-0.1, -0.05) is 30.3 Å². The number of carbonyl (C=O) groups excluding carboxylic acids is 1. The Kier molecular flexibility index (Phi) is 4.07. The Morgan fingerprint density at radius 2 is 1.78 bits per heavy atom. The van der Waals surface area contributed by atoms with Gasteiger partial charge in [0.2, 0.25) is 0 Å². The van der Waals surface area contributed by atoms with Gasteiger partial charge in [-0.15, -0.1) is 0 Å². The normalized spacial score (nSPS) is 11.3. The average molecular weight is 361 g/mol. The summed E-state index contributed by atoms with van der Waals surface area (Å²) in [6.07, 6.45) is 1.57. The molecule has 136 valence electrons. The molecule has 0 aliphatic rings. The lowest BCUT2D eigenvalue weighted by molar-refractivity contribution is -0.305. The van der Waals surface area contributed by atoms with Crippen molar-refractivity contribution in [1.82, 2.24) is 0 Å². The Balaban J connectivity index is 2.00. The van der Waals surface area contributed by atoms with Gasteiger partial charge in [0, 0.05) is 33.4 Å². The smallest absolute Gasteiger partial charge is 0.339 e. The topological polar surface area (TPSA) is 83.5 Å². The van der Waals surface area contributed by atoms with Crippen molar-refractivity contribution in [2.45, 2.75) is 26.7 Å². The number of carboxylic acids is 1. The van der Waals surface area contributed by atoms with Crippen molar-refractivity contribution in [2.24, 2.45) is 0 Å². The van der Waals surface area contributed by atoms with E-state index in [2.05, 4.69) is 0 Å². The third-order valence-electron chi connectivity index (χ3n) is 5.01. The number of rotatable bonds is 4. The number of aryl methyl sites for hydroxylation is 2. The molecule has 2 aromatic heterocycles. The van der Waals surface area contributed by atoms with Crippen LogP contribution in [0.4, 0.5) is 0 Å². The lowest BCUT2D eigenvalue weighted by atomic mass is 9.97. The first-order valence-electron chi connectivity index (χ1n) is 8.69. The fourth-order valence-corrected chi connectivity index (χ4v) is 3.55. The van der Waals surface area contributed by atoms with Crippen LogP contribution < -0.4 is 10.7 Å². The van der Waals surface area contributed by atoms with Crippen LogP contribution in [0.5, 0.6) is 0 Å². The van der Waals surface area contributed by atoms with Gasteiger partial charge in [0.1, 0.15) is 11.2 Å². The molecule has 0 unspecified atom stereocenters. The van der Waals surface area contributed by atoms with E-state index >= 15 is 0 Å². The third-order valence-corrected chi connectivity index (χ3v) is 5.01. The predicted octanol–water partition coefficient (Wildman–Crippen LogP) is 3.51. The number of furan rings is 1. The van der Waals surface area contributed by atoms with E-state index in [1.165, 1.54) is 0 Å². The molecule has 0 saturated carbocycles. The van der Waals surface area contributed by atoms with Crippen molar-refractivity contribution in [1.29, 1.82) is 0 Å². The average Bonchev–Trinajstić information content (AvgIpc) is 3.07. The molecule has 0 bridgehead atoms. The van der Waals surface area contributed by atoms with Gasteiger partial charge in [0.05, 0.1) is 6.26 Å². The zero-order valence-corrected chi connectivity index (χ0v) is 15.0. The second-order valence-corrected chi connectivity index (χ2v) is 6.64. The molecule has 0 radical (unpaired) electrons. The molecule has 2 aromatic carbocycles. The minimum atomic E-state index is -1.19. The van der Waals surface area contributed by atoms with E-state index in [-0.39, 0.29) is 12.8 Å². The summed E-state index contributed by atoms with van der Waals surface area (Å²) in [6.45, 7) is 3.67. The second kappa shape index (κ2) is 6.43. The summed E-state index contributed by atoms with van der Waals surface area (Å²) in [4.78, 5) is 23.2. The van der Waals surface area contributed by atoms with E-state index < -0.39 is 11.6 Å². The van der Waals surface area contributed by atoms with Gasteiger partial charge in [-0.05, 0) is 43.9 Å². The predicted molar refractivity (Wildman–Crippen MR) is 100 cm³/mol. The maximum Gasteiger partial charge on any atom is 0.339 e. The van der Waals surface area contributed by atoms with Gasteiger partial charge in [-0.25, -0.2) is 4.79 Å². The summed E-state index contributed by atoms with van der Waals surface area (Å²) < 4.78 is 11.3. The first kappa shape index (κ1) is 17.1. The molecule has 5 nitrogen and oxygen atoms in total. The van der Waals surface area contributed by atoms with Crippen molar-refractivity contribution >= 4 is 27.9 Å². The van der Waals surface area contributed by atoms with Gasteiger partial charge in [-0.2, -0.15) is 0 Å². The highest BCUT2D eigenvalue weighted by atomic mass is 16.4. The fourth-order valence-electron chi connectivity index (χ4n) is 3.55. The summed E-state index contributed by atoms with van der Waals surface area (Å²) in [5.41, 5.74) is 4.46. The molecule has 0 fully saturated rings. The van der Waals surface area contributed by atoms with Crippen LogP contribution in [-0.2, 0) is 11.2 Å². The van der Waals surface area contributed by atoms with Crippen LogP contribution in [0, 0.1) is 13.8 Å². The molecule has 0 aliphatic heterocycles. The molecule has 0 spiro atoms. The maximum atomic E-state index is 12.4. The molecule has 0 atom stereocenters. The Bertz CT molecular complexity index is 1230. The summed E-state index contributed by atoms with van der Waals surface area (Å²) in [7, 11) is 0. The van der Waals surface area contributed by atoms with Crippen molar-refractivity contribution in [3.8, 4) is 11.1 Å². The summed E-state index contributed by atoms with van der Waals surface area (Å²) >= 11 is 0. The molecule has 0 saturated heterocycles. The van der Waals surface area contributed by atoms with Crippen molar-refractivity contribution in [2.75, 3.05) is 0 Å². The molecule has 0 aliphatic carbocycles. The van der Waals surface area contributed by atoms with Crippen LogP contribution in [0.2, 0.25) is 0 Å². The number of hydrogen-bond acceptors (Lipinski definition) is 5. The van der Waals surface area contributed by atoms with Crippen molar-refractivity contribution in [3.05, 3.63) is 69.8 Å². The molecule has 2 heterocycles. The van der Waals surface area contributed by atoms with Crippen molar-refractivity contribution in [3.63, 3.8) is 0 Å². The molecule has 4 rings (SSSR count). The number of hydrogen-bond donors (Lipinski definition) is 0. The zero-order chi connectivity index (χ0) is 19.1. The van der Waals surface area contributed by atoms with Gasteiger partial charge >= 0.3 is 5.63 Å². The van der Waals surface area contributed by atoms with Crippen LogP contribution in [-0.4, -0.2) is 5.97 Å². The largest absolute Gasteiger partial charge is 0.550 e. The number of carbonyl (C=O) groups is 1. The van der Waals surface area contributed by atoms with Crippen LogP contribution in [0.15, 0.2) is 56.3 Å². The monoisotopic (exact) mass is 361 g/mol. The number of benzene rings is 2. The third kappa shape index (κ3) is 2.81. The van der Waals surface area contributed by atoms with Gasteiger partial charge < -0.3 is 18.7 Å². The molecule has 0 amide bonds. The molecule has 4 aromatic rings. The summed E-state index contributed by atoms with van der Waals surface area (Å²) in [6, 6.07) is 11.8. The van der Waals surface area contributed by atoms with Crippen LogP contribution in [0.3, 0.4) is 0 Å². The lowest BCUT2D eigenvalue weighted by Crippen LogP contribution is -2.24. The second-order valence-electron chi connectivity index (χ2n) is 6.64. The van der Waals surface area contributed by atoms with Crippen LogP contribution >= 0.6 is 0 Å². The summed E-state index contributed by atoms with van der Waals surface area (Å²) in [5, 5.41) is 12.5. The van der Waals surface area contributed by atoms with Gasteiger partial charge in [0.15, 0.2) is 0 Å². The number of fused-ring (bicyclic) bond motifs is 2. The first-order chi connectivity index (χ1) is 13.0. The number of carboxylic acid groups (broad SMARTS) is 1. The van der Waals surface area contributed by atoms with E-state index in [0.717, 1.165) is 33.0 Å². The quantitative estimate of drug-likeness (QED) is 0.520. The minimum Gasteiger partial charge on any atom is -0.550 e. The van der Waals surface area contributed by atoms with E-state index in [4.69, 9.17) is 8.83 Å². The van der Waals surface area contributed by atoms with Crippen LogP contribution in [0.25, 0.3) is 33.1 Å². The highest BCUT2D eigenvalue weighted by Gasteiger charge is 2.18. The Labute approximate surface area is 154 Å². The molecular formula is C22H17O5-. The zero-order valence-electron chi connectivity index (χ0n) is 15.0. The van der Waals surface area contributed by atoms with Gasteiger partial charge in [-0.3, -0.25) is 0 Å².